The molecule has 11 nitrogen and oxygen atoms in total. The number of fused-ring (bicyclic) bond motifs is 3. The molecule has 3 aliphatic heterocycles. The zero-order valence-electron chi connectivity index (χ0n) is 26.2. The van der Waals surface area contributed by atoms with Gasteiger partial charge >= 0.3 is 23.9 Å². The van der Waals surface area contributed by atoms with Gasteiger partial charge in [0.2, 0.25) is 0 Å². The topological polar surface area (TPSA) is 135 Å². The van der Waals surface area contributed by atoms with Crippen LogP contribution in [0.25, 0.3) is 5.57 Å². The molecule has 0 fully saturated rings. The molecular formula is C32H28ClNO10S3. The number of carbonyl (C=O) groups is 5. The number of benzene rings is 2. The maximum atomic E-state index is 14.4. The molecule has 3 aliphatic rings. The van der Waals surface area contributed by atoms with Crippen LogP contribution in [0, 0.1) is 0 Å². The molecule has 0 aromatic heterocycles. The number of methoxy groups -OCH3 is 5. The van der Waals surface area contributed by atoms with Crippen LogP contribution in [0.5, 0.6) is 5.75 Å². The number of carbonyl (C=O) groups excluding carboxylic acids is 5. The van der Waals surface area contributed by atoms with Crippen LogP contribution < -0.4 is 9.64 Å². The highest BCUT2D eigenvalue weighted by Gasteiger charge is 2.62. The van der Waals surface area contributed by atoms with Gasteiger partial charge in [-0.2, -0.15) is 0 Å². The first-order valence-corrected chi connectivity index (χ1v) is 16.6. The van der Waals surface area contributed by atoms with Crippen LogP contribution in [-0.4, -0.2) is 75.0 Å². The Morgan fingerprint density at radius 2 is 1.32 bits per heavy atom. The minimum Gasteiger partial charge on any atom is -0.497 e. The Kier molecular flexibility index (Phi) is 9.52. The number of halogens is 1. The molecule has 15 heteroatoms. The van der Waals surface area contributed by atoms with Crippen molar-refractivity contribution in [3.05, 3.63) is 83.8 Å². The number of thioether (sulfide) groups is 3. The summed E-state index contributed by atoms with van der Waals surface area (Å²) in [6.07, 6.45) is 0. The SMILES string of the molecule is COC(=O)C1=C(C(=O)OC)SC2(S1)C(C(=O)OC)=C(C(=O)OC)SC1=C2c2cc(OC)ccc2N(C(=O)c2cccc(Cl)c2)C1(C)C. The van der Waals surface area contributed by atoms with Crippen molar-refractivity contribution in [1.29, 1.82) is 0 Å². The number of nitrogens with zero attached hydrogens (tertiary/aromatic N) is 1. The largest absolute Gasteiger partial charge is 0.497 e. The molecule has 47 heavy (non-hydrogen) atoms. The fourth-order valence-electron chi connectivity index (χ4n) is 5.54. The Bertz CT molecular complexity index is 1820. The molecule has 2 aromatic rings. The summed E-state index contributed by atoms with van der Waals surface area (Å²) in [6, 6.07) is 11.6. The lowest BCUT2D eigenvalue weighted by atomic mass is 9.83. The summed E-state index contributed by atoms with van der Waals surface area (Å²) < 4.78 is 24.3. The van der Waals surface area contributed by atoms with E-state index in [4.69, 9.17) is 35.3 Å². The van der Waals surface area contributed by atoms with Crippen molar-refractivity contribution in [3.63, 3.8) is 0 Å². The number of hydrogen-bond acceptors (Lipinski definition) is 13. The molecule has 3 heterocycles. The maximum Gasteiger partial charge on any atom is 0.345 e. The fraction of sp³-hybridized carbons (Fsp3) is 0.281. The van der Waals surface area contributed by atoms with E-state index in [2.05, 4.69) is 0 Å². The minimum absolute atomic E-state index is 0.145. The molecule has 2 aromatic carbocycles. The molecule has 5 rings (SSSR count). The van der Waals surface area contributed by atoms with Gasteiger partial charge in [0, 0.05) is 26.6 Å². The molecule has 246 valence electrons. The van der Waals surface area contributed by atoms with Crippen molar-refractivity contribution >= 4 is 87.9 Å². The number of esters is 4. The van der Waals surface area contributed by atoms with Gasteiger partial charge in [-0.05, 0) is 50.2 Å². The van der Waals surface area contributed by atoms with Gasteiger partial charge in [0.1, 0.15) is 24.5 Å². The molecule has 0 saturated heterocycles. The van der Waals surface area contributed by atoms with Crippen molar-refractivity contribution in [2.24, 2.45) is 0 Å². The first-order chi connectivity index (χ1) is 22.3. The number of ether oxygens (including phenoxy) is 5. The van der Waals surface area contributed by atoms with Crippen LogP contribution >= 0.6 is 46.9 Å². The first kappa shape index (κ1) is 34.5. The lowest BCUT2D eigenvalue weighted by Gasteiger charge is -2.50. The van der Waals surface area contributed by atoms with Crippen molar-refractivity contribution in [1.82, 2.24) is 0 Å². The Labute approximate surface area is 288 Å². The molecule has 0 atom stereocenters. The average molecular weight is 718 g/mol. The van der Waals surface area contributed by atoms with E-state index in [1.165, 1.54) is 7.11 Å². The summed E-state index contributed by atoms with van der Waals surface area (Å²) in [7, 11) is 6.10. The summed E-state index contributed by atoms with van der Waals surface area (Å²) in [6.45, 7) is 3.58. The van der Waals surface area contributed by atoms with Gasteiger partial charge in [-0.1, -0.05) is 53.0 Å². The standard InChI is InChI=1S/C32H28ClNO10S3/c1-31(2)25-20(18-14-17(40-3)11-12-19(18)34(31)26(35)15-9-8-10-16(33)13-15)32(21(27(36)41-4)22(45-25)28(37)42-5)46-23(29(38)43-6)24(47-32)30(39)44-7/h8-14H,1-7H3. The molecule has 1 amide bonds. The summed E-state index contributed by atoms with van der Waals surface area (Å²) in [5.74, 6) is -3.48. The summed E-state index contributed by atoms with van der Waals surface area (Å²) in [5.41, 5.74) is 0.207. The highest BCUT2D eigenvalue weighted by molar-refractivity contribution is 8.26. The van der Waals surface area contributed by atoms with Crippen LogP contribution in [0.3, 0.4) is 0 Å². The Morgan fingerprint density at radius 1 is 0.745 bits per heavy atom. The van der Waals surface area contributed by atoms with E-state index in [1.54, 1.807) is 61.2 Å². The smallest absolute Gasteiger partial charge is 0.345 e. The second-order valence-electron chi connectivity index (χ2n) is 10.5. The predicted molar refractivity (Wildman–Crippen MR) is 180 cm³/mol. The zero-order valence-corrected chi connectivity index (χ0v) is 29.4. The lowest BCUT2D eigenvalue weighted by Crippen LogP contribution is -2.53. The van der Waals surface area contributed by atoms with E-state index < -0.39 is 39.4 Å². The van der Waals surface area contributed by atoms with Crippen LogP contribution in [0.4, 0.5) is 5.69 Å². The van der Waals surface area contributed by atoms with Gasteiger partial charge in [0.15, 0.2) is 0 Å². The normalized spacial score (nSPS) is 17.6. The summed E-state index contributed by atoms with van der Waals surface area (Å²) >= 11 is 8.90. The minimum atomic E-state index is -1.71. The number of anilines is 1. The number of amides is 1. The quantitative estimate of drug-likeness (QED) is 0.272. The van der Waals surface area contributed by atoms with Crippen molar-refractivity contribution in [2.75, 3.05) is 40.4 Å². The number of rotatable bonds is 6. The van der Waals surface area contributed by atoms with E-state index in [0.29, 0.717) is 38.1 Å². The van der Waals surface area contributed by atoms with Gasteiger partial charge in [-0.3, -0.25) is 9.69 Å². The Balaban J connectivity index is 1.91. The second kappa shape index (κ2) is 13.0. The highest BCUT2D eigenvalue weighted by atomic mass is 35.5. The van der Waals surface area contributed by atoms with E-state index >= 15 is 0 Å². The summed E-state index contributed by atoms with van der Waals surface area (Å²) in [5, 5.41) is 0.362. The third-order valence-electron chi connectivity index (χ3n) is 7.62. The van der Waals surface area contributed by atoms with Crippen LogP contribution in [-0.2, 0) is 38.1 Å². The average Bonchev–Trinajstić information content (AvgIpc) is 3.46. The Morgan fingerprint density at radius 3 is 1.85 bits per heavy atom. The molecule has 0 unspecified atom stereocenters. The van der Waals surface area contributed by atoms with Gasteiger partial charge < -0.3 is 23.7 Å². The Hall–Kier alpha value is -3.85. The molecule has 1 spiro atoms. The molecule has 0 aliphatic carbocycles. The maximum absolute atomic E-state index is 14.4. The zero-order chi connectivity index (χ0) is 34.4. The van der Waals surface area contributed by atoms with Crippen LogP contribution in [0.2, 0.25) is 5.02 Å². The van der Waals surface area contributed by atoms with Gasteiger partial charge in [-0.15, -0.1) is 0 Å². The molecule has 0 radical (unpaired) electrons. The van der Waals surface area contributed by atoms with E-state index in [9.17, 15) is 24.0 Å². The van der Waals surface area contributed by atoms with E-state index in [0.717, 1.165) is 63.7 Å². The summed E-state index contributed by atoms with van der Waals surface area (Å²) in [4.78, 5) is 69.7. The molecular weight excluding hydrogens is 690 g/mol. The fourth-order valence-corrected chi connectivity index (χ4v) is 10.8. The first-order valence-electron chi connectivity index (χ1n) is 13.7. The molecule has 0 bridgehead atoms. The third-order valence-corrected chi connectivity index (χ3v) is 12.5. The molecule has 0 saturated carbocycles. The van der Waals surface area contributed by atoms with Crippen molar-refractivity contribution in [3.8, 4) is 5.75 Å². The lowest BCUT2D eigenvalue weighted by molar-refractivity contribution is -0.138. The monoisotopic (exact) mass is 717 g/mol. The van der Waals surface area contributed by atoms with E-state index in [1.807, 2.05) is 0 Å². The van der Waals surface area contributed by atoms with Crippen molar-refractivity contribution < 1.29 is 47.7 Å². The van der Waals surface area contributed by atoms with E-state index in [-0.39, 0.29) is 20.3 Å². The second-order valence-corrected chi connectivity index (χ2v) is 14.7. The predicted octanol–water partition coefficient (Wildman–Crippen LogP) is 5.58. The van der Waals surface area contributed by atoms with Gasteiger partial charge in [-0.25, -0.2) is 19.2 Å². The highest BCUT2D eigenvalue weighted by Crippen LogP contribution is 2.71. The van der Waals surface area contributed by atoms with Crippen molar-refractivity contribution in [2.45, 2.75) is 23.5 Å². The van der Waals surface area contributed by atoms with Gasteiger partial charge in [0.05, 0.1) is 52.3 Å². The van der Waals surface area contributed by atoms with Crippen LogP contribution in [0.1, 0.15) is 29.8 Å². The number of hydrogen-bond donors (Lipinski definition) is 0. The van der Waals surface area contributed by atoms with Gasteiger partial charge in [0.25, 0.3) is 5.91 Å². The molecule has 0 N–H and O–H groups in total. The van der Waals surface area contributed by atoms with Crippen LogP contribution in [0.15, 0.2) is 67.7 Å². The third kappa shape index (κ3) is 5.50.